The molecule has 0 spiro atoms. The third-order valence-corrected chi connectivity index (χ3v) is 1.90. The summed E-state index contributed by atoms with van der Waals surface area (Å²) in [4.78, 5) is 3.43. The number of hydrogen-bond donors (Lipinski definition) is 2. The minimum absolute atomic E-state index is 0.110. The Morgan fingerprint density at radius 2 is 2.21 bits per heavy atom. The number of rotatable bonds is 2. The van der Waals surface area contributed by atoms with E-state index in [0.717, 1.165) is 12.3 Å². The van der Waals surface area contributed by atoms with Crippen LogP contribution in [0.15, 0.2) is 12.3 Å². The molecule has 1 rings (SSSR count). The van der Waals surface area contributed by atoms with Gasteiger partial charge in [0, 0.05) is 5.56 Å². The summed E-state index contributed by atoms with van der Waals surface area (Å²) in [7, 11) is 0. The van der Waals surface area contributed by atoms with Crippen LogP contribution in [-0.4, -0.2) is 21.3 Å². The number of halogens is 2. The molecule has 0 aromatic carbocycles. The lowest BCUT2D eigenvalue weighted by Crippen LogP contribution is -2.16. The molecule has 2 atom stereocenters. The maximum Gasteiger partial charge on any atom is 0.170 e. The quantitative estimate of drug-likeness (QED) is 0.566. The fourth-order valence-electron chi connectivity index (χ4n) is 0.886. The van der Waals surface area contributed by atoms with Crippen LogP contribution in [0.1, 0.15) is 11.7 Å². The zero-order valence-electron chi connectivity index (χ0n) is 6.85. The standard InChI is InChI=1S/C8H6ClFN2O2/c9-8-5(1-4(10)3-12-8)7(14)6(13)2-11/h1,3,6-7,13-14H. The van der Waals surface area contributed by atoms with Crippen molar-refractivity contribution in [1.29, 1.82) is 5.26 Å². The Balaban J connectivity index is 3.07. The molecule has 4 nitrogen and oxygen atoms in total. The minimum Gasteiger partial charge on any atom is -0.384 e. The summed E-state index contributed by atoms with van der Waals surface area (Å²) in [5.41, 5.74) is -0.110. The van der Waals surface area contributed by atoms with E-state index in [9.17, 15) is 9.50 Å². The average molecular weight is 217 g/mol. The molecule has 1 aromatic rings. The molecule has 0 radical (unpaired) electrons. The van der Waals surface area contributed by atoms with Crippen molar-refractivity contribution in [2.24, 2.45) is 0 Å². The van der Waals surface area contributed by atoms with Crippen molar-refractivity contribution < 1.29 is 14.6 Å². The van der Waals surface area contributed by atoms with Crippen molar-refractivity contribution in [1.82, 2.24) is 4.98 Å². The second kappa shape index (κ2) is 4.33. The van der Waals surface area contributed by atoms with Gasteiger partial charge in [0.15, 0.2) is 6.10 Å². The van der Waals surface area contributed by atoms with E-state index in [1.54, 1.807) is 0 Å². The van der Waals surface area contributed by atoms with Gasteiger partial charge in [-0.15, -0.1) is 0 Å². The molecule has 0 amide bonds. The molecule has 0 saturated carbocycles. The highest BCUT2D eigenvalue weighted by atomic mass is 35.5. The summed E-state index contributed by atoms with van der Waals surface area (Å²) >= 11 is 5.53. The van der Waals surface area contributed by atoms with Gasteiger partial charge in [-0.1, -0.05) is 11.6 Å². The van der Waals surface area contributed by atoms with Crippen LogP contribution in [-0.2, 0) is 0 Å². The topological polar surface area (TPSA) is 77.1 Å². The highest BCUT2D eigenvalue weighted by Crippen LogP contribution is 2.23. The average Bonchev–Trinajstić information content (AvgIpc) is 2.19. The summed E-state index contributed by atoms with van der Waals surface area (Å²) in [6.45, 7) is 0. The lowest BCUT2D eigenvalue weighted by Gasteiger charge is -2.12. The molecule has 6 heteroatoms. The normalized spacial score (nSPS) is 14.5. The van der Waals surface area contributed by atoms with Gasteiger partial charge in [0.25, 0.3) is 0 Å². The largest absolute Gasteiger partial charge is 0.384 e. The minimum atomic E-state index is -1.66. The maximum atomic E-state index is 12.7. The van der Waals surface area contributed by atoms with Gasteiger partial charge in [-0.2, -0.15) is 5.26 Å². The van der Waals surface area contributed by atoms with Crippen LogP contribution in [0.2, 0.25) is 5.15 Å². The Morgan fingerprint density at radius 1 is 1.57 bits per heavy atom. The van der Waals surface area contributed by atoms with Crippen LogP contribution in [0.25, 0.3) is 0 Å². The van der Waals surface area contributed by atoms with Crippen LogP contribution >= 0.6 is 11.6 Å². The molecule has 0 fully saturated rings. The molecule has 0 saturated heterocycles. The maximum absolute atomic E-state index is 12.7. The number of aliphatic hydroxyl groups excluding tert-OH is 2. The second-order valence-corrected chi connectivity index (χ2v) is 2.91. The summed E-state index contributed by atoms with van der Waals surface area (Å²) < 4.78 is 12.7. The van der Waals surface area contributed by atoms with Gasteiger partial charge in [-0.25, -0.2) is 9.37 Å². The molecule has 2 unspecified atom stereocenters. The number of aromatic nitrogens is 1. The van der Waals surface area contributed by atoms with Crippen LogP contribution in [0.5, 0.6) is 0 Å². The molecule has 2 N–H and O–H groups in total. The Hall–Kier alpha value is -1.22. The van der Waals surface area contributed by atoms with E-state index in [0.29, 0.717) is 0 Å². The van der Waals surface area contributed by atoms with Gasteiger partial charge in [0.05, 0.1) is 12.3 Å². The van der Waals surface area contributed by atoms with Crippen molar-refractivity contribution in [3.05, 3.63) is 28.8 Å². The van der Waals surface area contributed by atoms with Gasteiger partial charge in [-0.3, -0.25) is 0 Å². The van der Waals surface area contributed by atoms with Gasteiger partial charge in [0.1, 0.15) is 17.1 Å². The number of aliphatic hydroxyl groups is 2. The van der Waals surface area contributed by atoms with E-state index in [2.05, 4.69) is 4.98 Å². The van der Waals surface area contributed by atoms with Crippen LogP contribution in [0, 0.1) is 17.1 Å². The van der Waals surface area contributed by atoms with E-state index in [-0.39, 0.29) is 10.7 Å². The third kappa shape index (κ3) is 2.17. The third-order valence-electron chi connectivity index (χ3n) is 1.58. The zero-order valence-corrected chi connectivity index (χ0v) is 7.61. The SMILES string of the molecule is N#CC(O)C(O)c1cc(F)cnc1Cl. The molecular weight excluding hydrogens is 211 g/mol. The summed E-state index contributed by atoms with van der Waals surface area (Å²) in [5.74, 6) is -0.700. The Bertz CT molecular complexity index is 380. The van der Waals surface area contributed by atoms with Crippen LogP contribution < -0.4 is 0 Å². The Morgan fingerprint density at radius 3 is 2.79 bits per heavy atom. The molecular formula is C8H6ClFN2O2. The predicted octanol–water partition coefficient (Wildman–Crippen LogP) is 0.792. The molecule has 1 heterocycles. The number of pyridine rings is 1. The Labute approximate surface area is 84.2 Å². The highest BCUT2D eigenvalue weighted by molar-refractivity contribution is 6.30. The van der Waals surface area contributed by atoms with E-state index in [4.69, 9.17) is 22.0 Å². The first-order valence-electron chi connectivity index (χ1n) is 3.63. The molecule has 1 aromatic heterocycles. The summed E-state index contributed by atoms with van der Waals surface area (Å²) in [6.07, 6.45) is -2.34. The smallest absolute Gasteiger partial charge is 0.170 e. The molecule has 0 aliphatic rings. The van der Waals surface area contributed by atoms with E-state index in [1.165, 1.54) is 6.07 Å². The monoisotopic (exact) mass is 216 g/mol. The van der Waals surface area contributed by atoms with E-state index >= 15 is 0 Å². The Kier molecular flexibility index (Phi) is 3.36. The van der Waals surface area contributed by atoms with Crippen molar-refractivity contribution in [2.45, 2.75) is 12.2 Å². The number of nitriles is 1. The summed E-state index contributed by atoms with van der Waals surface area (Å²) in [5, 5.41) is 26.5. The first-order chi connectivity index (χ1) is 6.56. The molecule has 0 aliphatic carbocycles. The first-order valence-corrected chi connectivity index (χ1v) is 4.00. The molecule has 0 aliphatic heterocycles. The fraction of sp³-hybridized carbons (Fsp3) is 0.250. The predicted molar refractivity (Wildman–Crippen MR) is 45.8 cm³/mol. The molecule has 14 heavy (non-hydrogen) atoms. The van der Waals surface area contributed by atoms with Crippen molar-refractivity contribution >= 4 is 11.6 Å². The van der Waals surface area contributed by atoms with Crippen molar-refractivity contribution in [2.75, 3.05) is 0 Å². The fourth-order valence-corrected chi connectivity index (χ4v) is 1.10. The lowest BCUT2D eigenvalue weighted by molar-refractivity contribution is 0.0524. The number of nitrogens with zero attached hydrogens (tertiary/aromatic N) is 2. The van der Waals surface area contributed by atoms with E-state index in [1.807, 2.05) is 0 Å². The van der Waals surface area contributed by atoms with Gasteiger partial charge in [0.2, 0.25) is 0 Å². The second-order valence-electron chi connectivity index (χ2n) is 2.55. The van der Waals surface area contributed by atoms with Gasteiger partial charge >= 0.3 is 0 Å². The zero-order chi connectivity index (χ0) is 10.7. The lowest BCUT2D eigenvalue weighted by atomic mass is 10.1. The summed E-state index contributed by atoms with van der Waals surface area (Å²) in [6, 6.07) is 2.32. The van der Waals surface area contributed by atoms with Crippen molar-refractivity contribution in [3.8, 4) is 6.07 Å². The van der Waals surface area contributed by atoms with Gasteiger partial charge in [-0.05, 0) is 6.07 Å². The van der Waals surface area contributed by atoms with Crippen molar-refractivity contribution in [3.63, 3.8) is 0 Å². The highest BCUT2D eigenvalue weighted by Gasteiger charge is 2.21. The molecule has 0 bridgehead atoms. The van der Waals surface area contributed by atoms with Crippen LogP contribution in [0.3, 0.4) is 0 Å². The van der Waals surface area contributed by atoms with E-state index < -0.39 is 18.0 Å². The van der Waals surface area contributed by atoms with Gasteiger partial charge < -0.3 is 10.2 Å². The number of hydrogen-bond acceptors (Lipinski definition) is 4. The van der Waals surface area contributed by atoms with Crippen LogP contribution in [0.4, 0.5) is 4.39 Å². The molecule has 74 valence electrons. The first kappa shape index (κ1) is 10.9.